The second-order valence-corrected chi connectivity index (χ2v) is 8.13. The first-order chi connectivity index (χ1) is 14.2. The molecule has 9 heteroatoms. The third-order valence-corrected chi connectivity index (χ3v) is 4.55. The maximum atomic E-state index is 12.3. The molecule has 4 rings (SSSR count). The number of hydrogen-bond donors (Lipinski definition) is 1. The lowest BCUT2D eigenvalue weighted by Gasteiger charge is -2.13. The van der Waals surface area contributed by atoms with E-state index in [0.717, 1.165) is 16.8 Å². The maximum absolute atomic E-state index is 12.3. The van der Waals surface area contributed by atoms with Crippen LogP contribution in [0.3, 0.4) is 0 Å². The number of aromatic amines is 1. The molecule has 0 aliphatic rings. The largest absolute Gasteiger partial charge is 0.455 e. The van der Waals surface area contributed by atoms with E-state index >= 15 is 0 Å². The normalized spacial score (nSPS) is 11.6. The zero-order valence-corrected chi connectivity index (χ0v) is 17.5. The number of nitrogens with one attached hydrogen (secondary N) is 1. The number of pyridine rings is 2. The van der Waals surface area contributed by atoms with E-state index in [4.69, 9.17) is 4.74 Å². The van der Waals surface area contributed by atoms with Crippen molar-refractivity contribution in [3.8, 4) is 28.6 Å². The van der Waals surface area contributed by atoms with Crippen LogP contribution in [-0.4, -0.2) is 34.5 Å². The van der Waals surface area contributed by atoms with Crippen LogP contribution in [0.4, 0.5) is 0 Å². The van der Waals surface area contributed by atoms with E-state index in [1.165, 1.54) is 4.68 Å². The third-order valence-electron chi connectivity index (χ3n) is 4.55. The lowest BCUT2D eigenvalue weighted by molar-refractivity contribution is 0.475. The van der Waals surface area contributed by atoms with Crippen molar-refractivity contribution in [2.45, 2.75) is 33.1 Å². The molecule has 4 aromatic rings. The van der Waals surface area contributed by atoms with Crippen molar-refractivity contribution >= 4 is 0 Å². The molecule has 154 valence electrons. The molecule has 0 atom stereocenters. The van der Waals surface area contributed by atoms with Gasteiger partial charge in [0.2, 0.25) is 0 Å². The molecule has 4 aromatic heterocycles. The fourth-order valence-electron chi connectivity index (χ4n) is 2.88. The zero-order chi connectivity index (χ0) is 21.5. The highest BCUT2D eigenvalue weighted by Gasteiger charge is 2.21. The molecule has 0 aromatic carbocycles. The van der Waals surface area contributed by atoms with Crippen LogP contribution in [0.5, 0.6) is 11.5 Å². The van der Waals surface area contributed by atoms with Crippen LogP contribution in [0.15, 0.2) is 47.8 Å². The van der Waals surface area contributed by atoms with Gasteiger partial charge in [-0.05, 0) is 24.6 Å². The van der Waals surface area contributed by atoms with Gasteiger partial charge in [-0.1, -0.05) is 20.8 Å². The summed E-state index contributed by atoms with van der Waals surface area (Å²) in [7, 11) is 1.86. The topological polar surface area (TPSA) is 104 Å². The van der Waals surface area contributed by atoms with Crippen LogP contribution in [0, 0.1) is 6.92 Å². The Morgan fingerprint density at radius 2 is 1.93 bits per heavy atom. The first-order valence-corrected chi connectivity index (χ1v) is 9.50. The molecule has 0 fully saturated rings. The van der Waals surface area contributed by atoms with Gasteiger partial charge in [0, 0.05) is 36.5 Å². The van der Waals surface area contributed by atoms with Crippen molar-refractivity contribution in [2.75, 3.05) is 0 Å². The number of aryl methyl sites for hydroxylation is 2. The summed E-state index contributed by atoms with van der Waals surface area (Å²) in [5.74, 6) is 2.25. The lowest BCUT2D eigenvalue weighted by atomic mass is 9.96. The van der Waals surface area contributed by atoms with E-state index < -0.39 is 0 Å². The summed E-state index contributed by atoms with van der Waals surface area (Å²) >= 11 is 0. The van der Waals surface area contributed by atoms with Gasteiger partial charge in [-0.2, -0.15) is 9.78 Å². The van der Waals surface area contributed by atoms with Crippen molar-refractivity contribution in [3.63, 3.8) is 0 Å². The Morgan fingerprint density at radius 1 is 1.13 bits per heavy atom. The summed E-state index contributed by atoms with van der Waals surface area (Å²) in [6.45, 7) is 7.85. The smallest absolute Gasteiger partial charge is 0.349 e. The Kier molecular flexibility index (Phi) is 4.73. The second kappa shape index (κ2) is 7.25. The Labute approximate surface area is 173 Å². The van der Waals surface area contributed by atoms with Crippen LogP contribution < -0.4 is 10.4 Å². The minimum absolute atomic E-state index is 0.268. The highest BCUT2D eigenvalue weighted by Crippen LogP contribution is 2.28. The standard InChI is InChI=1S/C21H23N7O2/c1-13-8-18(28-20(29)25-19(26-28)21(2,3)4)23-11-17(13)30-15-6-7-22-16(9-15)14-10-24-27(5)12-14/h6-12H,1-5H3,(H,25,26,29). The number of hydrogen-bond acceptors (Lipinski definition) is 6. The summed E-state index contributed by atoms with van der Waals surface area (Å²) in [5, 5.41) is 8.56. The molecule has 1 N–H and O–H groups in total. The SMILES string of the molecule is Cc1cc(-n2nc(C(C)(C)C)[nH]c2=O)ncc1Oc1ccnc(-c2cnn(C)c2)c1. The van der Waals surface area contributed by atoms with Crippen LogP contribution in [0.2, 0.25) is 0 Å². The molecular weight excluding hydrogens is 382 g/mol. The molecule has 0 saturated heterocycles. The highest BCUT2D eigenvalue weighted by atomic mass is 16.5. The average Bonchev–Trinajstić information content (AvgIpc) is 3.29. The molecule has 0 aliphatic heterocycles. The van der Waals surface area contributed by atoms with E-state index in [9.17, 15) is 4.79 Å². The van der Waals surface area contributed by atoms with Gasteiger partial charge in [-0.25, -0.2) is 9.78 Å². The molecule has 0 amide bonds. The summed E-state index contributed by atoms with van der Waals surface area (Å²) in [4.78, 5) is 23.8. The molecule has 0 saturated carbocycles. The maximum Gasteiger partial charge on any atom is 0.349 e. The van der Waals surface area contributed by atoms with Gasteiger partial charge in [0.1, 0.15) is 17.3 Å². The lowest BCUT2D eigenvalue weighted by Crippen LogP contribution is -2.17. The summed E-state index contributed by atoms with van der Waals surface area (Å²) in [6.07, 6.45) is 6.92. The Hall–Kier alpha value is -3.75. The Balaban J connectivity index is 1.61. The number of nitrogens with zero attached hydrogens (tertiary/aromatic N) is 6. The van der Waals surface area contributed by atoms with Gasteiger partial charge in [0.15, 0.2) is 5.82 Å². The van der Waals surface area contributed by atoms with Gasteiger partial charge in [-0.3, -0.25) is 14.6 Å². The summed E-state index contributed by atoms with van der Waals surface area (Å²) in [5.41, 5.74) is 1.90. The van der Waals surface area contributed by atoms with Crippen molar-refractivity contribution < 1.29 is 4.74 Å². The third kappa shape index (κ3) is 3.86. The average molecular weight is 405 g/mol. The van der Waals surface area contributed by atoms with E-state index in [0.29, 0.717) is 23.1 Å². The van der Waals surface area contributed by atoms with E-state index in [1.54, 1.807) is 35.4 Å². The van der Waals surface area contributed by atoms with Crippen molar-refractivity contribution in [1.82, 2.24) is 34.5 Å². The molecule has 30 heavy (non-hydrogen) atoms. The van der Waals surface area contributed by atoms with Crippen molar-refractivity contribution in [1.29, 1.82) is 0 Å². The molecule has 0 aliphatic carbocycles. The summed E-state index contributed by atoms with van der Waals surface area (Å²) in [6, 6.07) is 5.40. The number of ether oxygens (including phenoxy) is 1. The molecule has 4 heterocycles. The first-order valence-electron chi connectivity index (χ1n) is 9.50. The number of aromatic nitrogens is 7. The fourth-order valence-corrected chi connectivity index (χ4v) is 2.88. The van der Waals surface area contributed by atoms with Crippen LogP contribution in [0.1, 0.15) is 32.2 Å². The number of H-pyrrole nitrogens is 1. The van der Waals surface area contributed by atoms with Crippen LogP contribution in [-0.2, 0) is 12.5 Å². The van der Waals surface area contributed by atoms with E-state index in [-0.39, 0.29) is 11.1 Å². The monoisotopic (exact) mass is 405 g/mol. The van der Waals surface area contributed by atoms with Gasteiger partial charge < -0.3 is 4.74 Å². The molecular formula is C21H23N7O2. The van der Waals surface area contributed by atoms with Crippen LogP contribution in [0.25, 0.3) is 17.1 Å². The van der Waals surface area contributed by atoms with E-state index in [1.807, 2.05) is 47.0 Å². The van der Waals surface area contributed by atoms with Gasteiger partial charge in [0.05, 0.1) is 18.1 Å². The first kappa shape index (κ1) is 19.6. The van der Waals surface area contributed by atoms with Gasteiger partial charge >= 0.3 is 5.69 Å². The van der Waals surface area contributed by atoms with Gasteiger partial charge in [-0.15, -0.1) is 5.10 Å². The molecule has 0 radical (unpaired) electrons. The minimum Gasteiger partial charge on any atom is -0.455 e. The highest BCUT2D eigenvalue weighted by molar-refractivity contribution is 5.59. The van der Waals surface area contributed by atoms with E-state index in [2.05, 4.69) is 25.1 Å². The predicted molar refractivity (Wildman–Crippen MR) is 112 cm³/mol. The number of rotatable bonds is 4. The second-order valence-electron chi connectivity index (χ2n) is 8.13. The Morgan fingerprint density at radius 3 is 2.57 bits per heavy atom. The zero-order valence-electron chi connectivity index (χ0n) is 17.5. The molecule has 0 spiro atoms. The molecule has 0 unspecified atom stereocenters. The van der Waals surface area contributed by atoms with Crippen LogP contribution >= 0.6 is 0 Å². The summed E-state index contributed by atoms with van der Waals surface area (Å²) < 4.78 is 9.00. The predicted octanol–water partition coefficient (Wildman–Crippen LogP) is 3.15. The minimum atomic E-state index is -0.323. The fraction of sp³-hybridized carbons (Fsp3) is 0.286. The molecule has 9 nitrogen and oxygen atoms in total. The van der Waals surface area contributed by atoms with Crippen molar-refractivity contribution in [3.05, 3.63) is 64.9 Å². The quantitative estimate of drug-likeness (QED) is 0.559. The Bertz CT molecular complexity index is 1260. The van der Waals surface area contributed by atoms with Gasteiger partial charge in [0.25, 0.3) is 0 Å². The van der Waals surface area contributed by atoms with Crippen molar-refractivity contribution in [2.24, 2.45) is 7.05 Å². The molecule has 0 bridgehead atoms.